The Morgan fingerprint density at radius 3 is 2.88 bits per heavy atom. The van der Waals surface area contributed by atoms with E-state index < -0.39 is 17.8 Å². The van der Waals surface area contributed by atoms with Crippen LogP contribution in [0.4, 0.5) is 10.1 Å². The minimum absolute atomic E-state index is 0.147. The lowest BCUT2D eigenvalue weighted by atomic mass is 10.2. The summed E-state index contributed by atoms with van der Waals surface area (Å²) in [6.45, 7) is 2.17. The number of rotatable bonds is 5. The molecule has 4 nitrogen and oxygen atoms in total. The Morgan fingerprint density at radius 1 is 1.59 bits per heavy atom. The van der Waals surface area contributed by atoms with Gasteiger partial charge in [-0.15, -0.1) is 0 Å². The summed E-state index contributed by atoms with van der Waals surface area (Å²) in [5.74, 6) is -0.873. The van der Waals surface area contributed by atoms with E-state index in [1.165, 1.54) is 19.2 Å². The Labute approximate surface area is 100.0 Å². The molecule has 3 N–H and O–H groups in total. The Balaban J connectivity index is 2.61. The fraction of sp³-hybridized carbons (Fsp3) is 0.417. The van der Waals surface area contributed by atoms with Crippen LogP contribution >= 0.6 is 0 Å². The number of nitrogens with two attached hydrogens (primary N) is 1. The van der Waals surface area contributed by atoms with E-state index in [2.05, 4.69) is 5.32 Å². The first-order valence-corrected chi connectivity index (χ1v) is 5.36. The predicted octanol–water partition coefficient (Wildman–Crippen LogP) is 1.44. The molecule has 94 valence electrons. The zero-order valence-corrected chi connectivity index (χ0v) is 10.00. The highest BCUT2D eigenvalue weighted by molar-refractivity contribution is 5.94. The van der Waals surface area contributed by atoms with E-state index in [9.17, 15) is 9.18 Å². The molecule has 0 aromatic heterocycles. The molecular formula is C12H17FN2O2. The number of aryl methyl sites for hydroxylation is 1. The molecule has 0 heterocycles. The van der Waals surface area contributed by atoms with Crippen molar-refractivity contribution in [2.45, 2.75) is 19.4 Å². The normalized spacial score (nSPS) is 12.2. The van der Waals surface area contributed by atoms with Crippen LogP contribution in [0, 0.1) is 12.7 Å². The Hall–Kier alpha value is -1.46. The molecule has 0 spiro atoms. The van der Waals surface area contributed by atoms with Crippen molar-refractivity contribution < 1.29 is 13.9 Å². The maximum Gasteiger partial charge on any atom is 0.241 e. The van der Waals surface area contributed by atoms with Gasteiger partial charge in [-0.1, -0.05) is 6.07 Å². The highest BCUT2D eigenvalue weighted by atomic mass is 19.1. The second-order valence-electron chi connectivity index (χ2n) is 3.86. The summed E-state index contributed by atoms with van der Waals surface area (Å²) in [6.07, 6.45) is 0.399. The lowest BCUT2D eigenvalue weighted by Gasteiger charge is -2.12. The van der Waals surface area contributed by atoms with Crippen molar-refractivity contribution in [1.29, 1.82) is 0 Å². The topological polar surface area (TPSA) is 64.3 Å². The van der Waals surface area contributed by atoms with Crippen LogP contribution in [0.5, 0.6) is 0 Å². The second kappa shape index (κ2) is 6.32. The molecule has 0 saturated carbocycles. The molecule has 1 unspecified atom stereocenters. The summed E-state index contributed by atoms with van der Waals surface area (Å²) in [6, 6.07) is 3.90. The Kier molecular flexibility index (Phi) is 5.06. The maximum absolute atomic E-state index is 13.4. The number of ether oxygens (including phenoxy) is 1. The van der Waals surface area contributed by atoms with Crippen molar-refractivity contribution in [2.24, 2.45) is 5.73 Å². The predicted molar refractivity (Wildman–Crippen MR) is 64.2 cm³/mol. The molecule has 0 aliphatic rings. The lowest BCUT2D eigenvalue weighted by Crippen LogP contribution is -2.36. The van der Waals surface area contributed by atoms with Crippen molar-refractivity contribution in [1.82, 2.24) is 0 Å². The number of anilines is 1. The largest absolute Gasteiger partial charge is 0.385 e. The Bertz CT molecular complexity index is 396. The summed E-state index contributed by atoms with van der Waals surface area (Å²) in [5.41, 5.74) is 6.56. The smallest absolute Gasteiger partial charge is 0.241 e. The van der Waals surface area contributed by atoms with E-state index in [4.69, 9.17) is 10.5 Å². The van der Waals surface area contributed by atoms with Gasteiger partial charge < -0.3 is 15.8 Å². The zero-order chi connectivity index (χ0) is 12.8. The monoisotopic (exact) mass is 240 g/mol. The van der Waals surface area contributed by atoms with E-state index in [1.54, 1.807) is 13.0 Å². The lowest BCUT2D eigenvalue weighted by molar-refractivity contribution is -0.117. The third-order valence-corrected chi connectivity index (χ3v) is 2.35. The molecule has 0 radical (unpaired) electrons. The summed E-state index contributed by atoms with van der Waals surface area (Å²) >= 11 is 0. The highest BCUT2D eigenvalue weighted by Crippen LogP contribution is 2.15. The van der Waals surface area contributed by atoms with E-state index >= 15 is 0 Å². The third-order valence-electron chi connectivity index (χ3n) is 2.35. The molecule has 1 aromatic carbocycles. The van der Waals surface area contributed by atoms with Crippen molar-refractivity contribution in [2.75, 3.05) is 19.0 Å². The van der Waals surface area contributed by atoms with Crippen LogP contribution in [0.25, 0.3) is 0 Å². The summed E-state index contributed by atoms with van der Waals surface area (Å²) in [5, 5.41) is 2.45. The van der Waals surface area contributed by atoms with Crippen molar-refractivity contribution in [3.63, 3.8) is 0 Å². The van der Waals surface area contributed by atoms with Gasteiger partial charge in [-0.3, -0.25) is 4.79 Å². The SMILES string of the molecule is COCCC(N)C(=O)Nc1ccc(C)cc1F. The van der Waals surface area contributed by atoms with Crippen LogP contribution in [0.2, 0.25) is 0 Å². The van der Waals surface area contributed by atoms with Crippen molar-refractivity contribution in [3.05, 3.63) is 29.6 Å². The number of methoxy groups -OCH3 is 1. The summed E-state index contributed by atoms with van der Waals surface area (Å²) in [7, 11) is 1.53. The van der Waals surface area contributed by atoms with Gasteiger partial charge in [-0.2, -0.15) is 0 Å². The van der Waals surface area contributed by atoms with Crippen LogP contribution < -0.4 is 11.1 Å². The fourth-order valence-electron chi connectivity index (χ4n) is 1.32. The number of nitrogens with one attached hydrogen (secondary N) is 1. The first-order valence-electron chi connectivity index (χ1n) is 5.36. The van der Waals surface area contributed by atoms with Gasteiger partial charge in [0.2, 0.25) is 5.91 Å². The number of hydrogen-bond donors (Lipinski definition) is 2. The van der Waals surface area contributed by atoms with E-state index in [-0.39, 0.29) is 5.69 Å². The van der Waals surface area contributed by atoms with Crippen LogP contribution in [-0.2, 0) is 9.53 Å². The molecule has 0 bridgehead atoms. The van der Waals surface area contributed by atoms with Gasteiger partial charge in [0, 0.05) is 13.7 Å². The first-order chi connectivity index (χ1) is 8.04. The Morgan fingerprint density at radius 2 is 2.29 bits per heavy atom. The molecule has 1 atom stereocenters. The van der Waals surface area contributed by atoms with E-state index in [0.717, 1.165) is 5.56 Å². The molecule has 0 fully saturated rings. The van der Waals surface area contributed by atoms with E-state index in [0.29, 0.717) is 13.0 Å². The molecular weight excluding hydrogens is 223 g/mol. The average molecular weight is 240 g/mol. The van der Waals surface area contributed by atoms with Gasteiger partial charge in [0.25, 0.3) is 0 Å². The second-order valence-corrected chi connectivity index (χ2v) is 3.86. The van der Waals surface area contributed by atoms with Crippen LogP contribution in [-0.4, -0.2) is 25.7 Å². The number of carbonyl (C=O) groups is 1. The third kappa shape index (κ3) is 4.13. The summed E-state index contributed by atoms with van der Waals surface area (Å²) in [4.78, 5) is 11.6. The van der Waals surface area contributed by atoms with Gasteiger partial charge in [-0.25, -0.2) is 4.39 Å². The first kappa shape index (κ1) is 13.6. The highest BCUT2D eigenvalue weighted by Gasteiger charge is 2.14. The number of carbonyl (C=O) groups excluding carboxylic acids is 1. The number of benzene rings is 1. The quantitative estimate of drug-likeness (QED) is 0.818. The molecule has 0 aliphatic carbocycles. The van der Waals surface area contributed by atoms with Gasteiger partial charge in [-0.05, 0) is 31.0 Å². The molecule has 17 heavy (non-hydrogen) atoms. The van der Waals surface area contributed by atoms with Crippen molar-refractivity contribution >= 4 is 11.6 Å². The maximum atomic E-state index is 13.4. The van der Waals surface area contributed by atoms with Crippen LogP contribution in [0.1, 0.15) is 12.0 Å². The molecule has 5 heteroatoms. The molecule has 1 amide bonds. The van der Waals surface area contributed by atoms with Gasteiger partial charge in [0.15, 0.2) is 0 Å². The molecule has 0 saturated heterocycles. The molecule has 1 aromatic rings. The summed E-state index contributed by atoms with van der Waals surface area (Å²) < 4.78 is 18.3. The molecule has 1 rings (SSSR count). The standard InChI is InChI=1S/C12H17FN2O2/c1-8-3-4-11(9(13)7-8)15-12(16)10(14)5-6-17-2/h3-4,7,10H,5-6,14H2,1-2H3,(H,15,16). The van der Waals surface area contributed by atoms with Gasteiger partial charge >= 0.3 is 0 Å². The average Bonchev–Trinajstić information content (AvgIpc) is 2.29. The van der Waals surface area contributed by atoms with E-state index in [1.807, 2.05) is 0 Å². The van der Waals surface area contributed by atoms with Gasteiger partial charge in [0.1, 0.15) is 5.82 Å². The minimum atomic E-state index is -0.698. The van der Waals surface area contributed by atoms with Crippen LogP contribution in [0.15, 0.2) is 18.2 Å². The minimum Gasteiger partial charge on any atom is -0.385 e. The number of halogens is 1. The van der Waals surface area contributed by atoms with Gasteiger partial charge in [0.05, 0.1) is 11.7 Å². The number of hydrogen-bond acceptors (Lipinski definition) is 3. The fourth-order valence-corrected chi connectivity index (χ4v) is 1.32. The number of amides is 1. The van der Waals surface area contributed by atoms with Crippen LogP contribution in [0.3, 0.4) is 0 Å². The van der Waals surface area contributed by atoms with Crippen molar-refractivity contribution in [3.8, 4) is 0 Å². The molecule has 0 aliphatic heterocycles. The zero-order valence-electron chi connectivity index (χ0n) is 10.00.